The van der Waals surface area contributed by atoms with Crippen LogP contribution in [0.3, 0.4) is 0 Å². The van der Waals surface area contributed by atoms with Crippen molar-refractivity contribution >= 4 is 22.0 Å². The number of aldehydes is 1. The minimum Gasteiger partial charge on any atom is -0.508 e. The summed E-state index contributed by atoms with van der Waals surface area (Å²) in [5.41, 5.74) is 1.28. The van der Waals surface area contributed by atoms with E-state index in [1.807, 2.05) is 6.92 Å². The number of carbonyl (C=O) groups is 1. The maximum absolute atomic E-state index is 12.8. The van der Waals surface area contributed by atoms with Crippen LogP contribution in [0.2, 0.25) is 0 Å². The molecule has 0 aromatic heterocycles. The number of hydrogen-bond donors (Lipinski definition) is 1. The van der Waals surface area contributed by atoms with Crippen molar-refractivity contribution < 1.29 is 18.3 Å². The second kappa shape index (κ2) is 6.62. The smallest absolute Gasteiger partial charge is 0.264 e. The van der Waals surface area contributed by atoms with Crippen molar-refractivity contribution in [2.24, 2.45) is 0 Å². The molecule has 0 aliphatic rings. The monoisotopic (exact) mass is 319 g/mol. The number of phenolic OH excluding ortho intramolecular Hbond substituents is 1. The van der Waals surface area contributed by atoms with Crippen molar-refractivity contribution in [1.82, 2.24) is 0 Å². The van der Waals surface area contributed by atoms with E-state index in [2.05, 4.69) is 0 Å². The summed E-state index contributed by atoms with van der Waals surface area (Å²) in [6.45, 7) is 1.89. The van der Waals surface area contributed by atoms with Crippen LogP contribution in [0.25, 0.3) is 0 Å². The number of rotatable bonds is 6. The molecule has 0 saturated heterocycles. The standard InChI is InChI=1S/C16H17NO4S/c1-13-6-8-16(9-7-13)22(20,21)17(10-3-11-18)14-4-2-5-15(19)12-14/h2,4-9,11-12,19H,3,10H2,1H3. The molecule has 0 heterocycles. The molecule has 0 bridgehead atoms. The number of anilines is 1. The van der Waals surface area contributed by atoms with Gasteiger partial charge >= 0.3 is 0 Å². The normalized spacial score (nSPS) is 11.1. The predicted octanol–water partition coefficient (Wildman–Crippen LogP) is 2.48. The Hall–Kier alpha value is -2.34. The van der Waals surface area contributed by atoms with Gasteiger partial charge in [0.1, 0.15) is 12.0 Å². The number of benzene rings is 2. The molecule has 0 aliphatic carbocycles. The van der Waals surface area contributed by atoms with Crippen molar-refractivity contribution in [2.75, 3.05) is 10.8 Å². The average molecular weight is 319 g/mol. The van der Waals surface area contributed by atoms with Crippen LogP contribution >= 0.6 is 0 Å². The number of aromatic hydroxyl groups is 1. The summed E-state index contributed by atoms with van der Waals surface area (Å²) in [7, 11) is -3.80. The van der Waals surface area contributed by atoms with Gasteiger partial charge in [-0.2, -0.15) is 0 Å². The van der Waals surface area contributed by atoms with E-state index in [-0.39, 0.29) is 23.6 Å². The first kappa shape index (κ1) is 16.0. The lowest BCUT2D eigenvalue weighted by molar-refractivity contribution is -0.107. The van der Waals surface area contributed by atoms with E-state index in [1.54, 1.807) is 24.3 Å². The van der Waals surface area contributed by atoms with Crippen LogP contribution < -0.4 is 4.31 Å². The predicted molar refractivity (Wildman–Crippen MR) is 84.5 cm³/mol. The molecule has 1 N–H and O–H groups in total. The number of sulfonamides is 1. The van der Waals surface area contributed by atoms with E-state index in [4.69, 9.17) is 0 Å². The number of carbonyl (C=O) groups excluding carboxylic acids is 1. The summed E-state index contributed by atoms with van der Waals surface area (Å²) >= 11 is 0. The van der Waals surface area contributed by atoms with E-state index >= 15 is 0 Å². The largest absolute Gasteiger partial charge is 0.508 e. The van der Waals surface area contributed by atoms with Gasteiger partial charge in [-0.05, 0) is 31.2 Å². The van der Waals surface area contributed by atoms with Crippen molar-refractivity contribution in [1.29, 1.82) is 0 Å². The van der Waals surface area contributed by atoms with E-state index in [0.29, 0.717) is 12.0 Å². The molecule has 2 aromatic rings. The van der Waals surface area contributed by atoms with Gasteiger partial charge in [0.2, 0.25) is 0 Å². The van der Waals surface area contributed by atoms with Crippen LogP contribution in [-0.2, 0) is 14.8 Å². The third-order valence-electron chi connectivity index (χ3n) is 3.18. The minimum atomic E-state index is -3.80. The van der Waals surface area contributed by atoms with E-state index in [9.17, 15) is 18.3 Å². The summed E-state index contributed by atoms with van der Waals surface area (Å²) in [5, 5.41) is 9.57. The summed E-state index contributed by atoms with van der Waals surface area (Å²) in [6, 6.07) is 12.4. The Balaban J connectivity index is 2.48. The van der Waals surface area contributed by atoms with E-state index < -0.39 is 10.0 Å². The van der Waals surface area contributed by atoms with Crippen LogP contribution in [0.15, 0.2) is 53.4 Å². The topological polar surface area (TPSA) is 74.7 Å². The zero-order chi connectivity index (χ0) is 16.2. The van der Waals surface area contributed by atoms with E-state index in [1.165, 1.54) is 24.3 Å². The van der Waals surface area contributed by atoms with Gasteiger partial charge in [0.15, 0.2) is 0 Å². The number of hydrogen-bond acceptors (Lipinski definition) is 4. The van der Waals surface area contributed by atoms with Gasteiger partial charge in [0.05, 0.1) is 10.6 Å². The van der Waals surface area contributed by atoms with Crippen molar-refractivity contribution in [3.05, 3.63) is 54.1 Å². The highest BCUT2D eigenvalue weighted by Crippen LogP contribution is 2.26. The van der Waals surface area contributed by atoms with Crippen molar-refractivity contribution in [3.63, 3.8) is 0 Å². The molecule has 0 spiro atoms. The first-order valence-electron chi connectivity index (χ1n) is 6.77. The molecule has 0 unspecified atom stereocenters. The first-order chi connectivity index (χ1) is 10.4. The Morgan fingerprint density at radius 3 is 2.41 bits per heavy atom. The molecule has 5 nitrogen and oxygen atoms in total. The first-order valence-corrected chi connectivity index (χ1v) is 8.21. The number of aryl methyl sites for hydroxylation is 1. The van der Waals surface area contributed by atoms with Gasteiger partial charge in [-0.25, -0.2) is 8.42 Å². The second-order valence-corrected chi connectivity index (χ2v) is 6.73. The summed E-state index contributed by atoms with van der Waals surface area (Å²) in [5.74, 6) is -0.0345. The maximum atomic E-state index is 12.8. The Bertz CT molecular complexity index is 754. The lowest BCUT2D eigenvalue weighted by Gasteiger charge is -2.24. The zero-order valence-electron chi connectivity index (χ0n) is 12.1. The van der Waals surface area contributed by atoms with Crippen LogP contribution in [0.5, 0.6) is 5.75 Å². The number of nitrogens with zero attached hydrogens (tertiary/aromatic N) is 1. The lowest BCUT2D eigenvalue weighted by atomic mass is 10.2. The van der Waals surface area contributed by atoms with Gasteiger partial charge in [-0.3, -0.25) is 4.31 Å². The number of phenols is 1. The minimum absolute atomic E-state index is 0.0170. The Morgan fingerprint density at radius 2 is 1.82 bits per heavy atom. The van der Waals surface area contributed by atoms with Gasteiger partial charge in [-0.15, -0.1) is 0 Å². The fourth-order valence-electron chi connectivity index (χ4n) is 2.04. The third-order valence-corrected chi connectivity index (χ3v) is 5.02. The SMILES string of the molecule is Cc1ccc(S(=O)(=O)N(CCC=O)c2cccc(O)c2)cc1. The Morgan fingerprint density at radius 1 is 1.14 bits per heavy atom. The molecule has 6 heteroatoms. The molecular formula is C16H17NO4S. The molecule has 0 amide bonds. The average Bonchev–Trinajstić information content (AvgIpc) is 2.48. The fourth-order valence-corrected chi connectivity index (χ4v) is 3.52. The molecule has 2 rings (SSSR count). The van der Waals surface area contributed by atoms with Crippen LogP contribution in [-0.4, -0.2) is 26.4 Å². The van der Waals surface area contributed by atoms with Gasteiger partial charge in [0.25, 0.3) is 10.0 Å². The van der Waals surface area contributed by atoms with Gasteiger partial charge < -0.3 is 9.90 Å². The third kappa shape index (κ3) is 3.46. The molecule has 2 aromatic carbocycles. The molecule has 22 heavy (non-hydrogen) atoms. The molecule has 0 aliphatic heterocycles. The maximum Gasteiger partial charge on any atom is 0.264 e. The molecule has 0 saturated carbocycles. The van der Waals surface area contributed by atoms with Gasteiger partial charge in [0, 0.05) is 19.0 Å². The molecule has 116 valence electrons. The van der Waals surface area contributed by atoms with Crippen LogP contribution in [0.4, 0.5) is 5.69 Å². The molecular weight excluding hydrogens is 302 g/mol. The summed E-state index contributed by atoms with van der Waals surface area (Å²) in [6.07, 6.45) is 0.737. The Kier molecular flexibility index (Phi) is 4.82. The Labute approximate surface area is 129 Å². The highest BCUT2D eigenvalue weighted by Gasteiger charge is 2.24. The molecule has 0 fully saturated rings. The van der Waals surface area contributed by atoms with Gasteiger partial charge in [-0.1, -0.05) is 23.8 Å². The van der Waals surface area contributed by atoms with Crippen LogP contribution in [0.1, 0.15) is 12.0 Å². The highest BCUT2D eigenvalue weighted by molar-refractivity contribution is 7.92. The van der Waals surface area contributed by atoms with Crippen molar-refractivity contribution in [3.8, 4) is 5.75 Å². The quantitative estimate of drug-likeness (QED) is 0.830. The highest BCUT2D eigenvalue weighted by atomic mass is 32.2. The zero-order valence-corrected chi connectivity index (χ0v) is 13.0. The summed E-state index contributed by atoms with van der Waals surface area (Å²) in [4.78, 5) is 10.8. The fraction of sp³-hybridized carbons (Fsp3) is 0.188. The lowest BCUT2D eigenvalue weighted by Crippen LogP contribution is -2.32. The summed E-state index contributed by atoms with van der Waals surface area (Å²) < 4.78 is 26.7. The molecule has 0 radical (unpaired) electrons. The van der Waals surface area contributed by atoms with Crippen molar-refractivity contribution in [2.45, 2.75) is 18.2 Å². The van der Waals surface area contributed by atoms with Crippen LogP contribution in [0, 0.1) is 6.92 Å². The molecule has 0 atom stereocenters. The van der Waals surface area contributed by atoms with E-state index in [0.717, 1.165) is 9.87 Å². The second-order valence-electron chi connectivity index (χ2n) is 4.87.